The zero-order chi connectivity index (χ0) is 17.5. The molecule has 0 amide bonds. The van der Waals surface area contributed by atoms with Crippen LogP contribution < -0.4 is 10.6 Å². The lowest BCUT2D eigenvalue weighted by Gasteiger charge is -2.20. The van der Waals surface area contributed by atoms with Gasteiger partial charge in [-0.2, -0.15) is 0 Å². The third-order valence-corrected chi connectivity index (χ3v) is 4.47. The van der Waals surface area contributed by atoms with E-state index in [9.17, 15) is 0 Å². The molecule has 3 aromatic carbocycles. The van der Waals surface area contributed by atoms with Gasteiger partial charge in [0.15, 0.2) is 5.11 Å². The van der Waals surface area contributed by atoms with Gasteiger partial charge in [0.25, 0.3) is 0 Å². The fourth-order valence-electron chi connectivity index (χ4n) is 2.70. The number of anilines is 1. The third kappa shape index (κ3) is 5.05. The maximum atomic E-state index is 5.91. The fraction of sp³-hybridized carbons (Fsp3) is 0.0952. The molecule has 4 heteroatoms. The second-order valence-electron chi connectivity index (χ2n) is 5.72. The van der Waals surface area contributed by atoms with Crippen molar-refractivity contribution in [2.75, 3.05) is 11.9 Å². The van der Waals surface area contributed by atoms with E-state index in [2.05, 4.69) is 59.2 Å². The monoisotopic (exact) mass is 366 g/mol. The molecule has 3 aromatic rings. The molecule has 2 N–H and O–H groups in total. The van der Waals surface area contributed by atoms with Crippen LogP contribution in [0.3, 0.4) is 0 Å². The van der Waals surface area contributed by atoms with Crippen molar-refractivity contribution in [3.8, 4) is 0 Å². The van der Waals surface area contributed by atoms with Gasteiger partial charge in [-0.25, -0.2) is 0 Å². The lowest BCUT2D eigenvalue weighted by molar-refractivity contribution is 0.761. The average Bonchev–Trinajstić information content (AvgIpc) is 2.66. The lowest BCUT2D eigenvalue weighted by Crippen LogP contribution is -2.32. The Kier molecular flexibility index (Phi) is 6.04. The molecule has 0 saturated heterocycles. The van der Waals surface area contributed by atoms with Gasteiger partial charge in [-0.1, -0.05) is 72.3 Å². The summed E-state index contributed by atoms with van der Waals surface area (Å²) in [6.45, 7) is 0.716. The second-order valence-corrected chi connectivity index (χ2v) is 6.56. The summed E-state index contributed by atoms with van der Waals surface area (Å²) in [6.07, 6.45) is 0. The number of rotatable bonds is 5. The zero-order valence-electron chi connectivity index (χ0n) is 13.7. The number of benzene rings is 3. The molecule has 0 unspecified atom stereocenters. The Morgan fingerprint density at radius 3 is 1.84 bits per heavy atom. The van der Waals surface area contributed by atoms with Gasteiger partial charge in [-0.3, -0.25) is 0 Å². The summed E-state index contributed by atoms with van der Waals surface area (Å²) in [5.41, 5.74) is 3.43. The SMILES string of the molecule is S=C(NCC(c1ccccc1)c1ccccc1)Nc1ccc(Cl)cc1. The van der Waals surface area contributed by atoms with Crippen molar-refractivity contribution in [3.63, 3.8) is 0 Å². The highest BCUT2D eigenvalue weighted by Crippen LogP contribution is 2.23. The smallest absolute Gasteiger partial charge is 0.170 e. The number of hydrogen-bond donors (Lipinski definition) is 2. The van der Waals surface area contributed by atoms with E-state index in [1.54, 1.807) is 0 Å². The van der Waals surface area contributed by atoms with Crippen LogP contribution in [0.2, 0.25) is 5.02 Å². The van der Waals surface area contributed by atoms with Crippen molar-refractivity contribution in [2.24, 2.45) is 0 Å². The standard InChI is InChI=1S/C21H19ClN2S/c22-18-11-13-19(14-12-18)24-21(25)23-15-20(16-7-3-1-4-8-16)17-9-5-2-6-10-17/h1-14,20H,15H2,(H2,23,24,25). The van der Waals surface area contributed by atoms with Gasteiger partial charge >= 0.3 is 0 Å². The molecule has 0 fully saturated rings. The minimum absolute atomic E-state index is 0.229. The van der Waals surface area contributed by atoms with Crippen molar-refractivity contribution in [1.82, 2.24) is 5.32 Å². The van der Waals surface area contributed by atoms with Gasteiger partial charge in [0.05, 0.1) is 0 Å². The number of thiocarbonyl (C=S) groups is 1. The van der Waals surface area contributed by atoms with Crippen LogP contribution in [0.1, 0.15) is 17.0 Å². The Labute approximate surface area is 158 Å². The van der Waals surface area contributed by atoms with Gasteiger partial charge in [0.2, 0.25) is 0 Å². The lowest BCUT2D eigenvalue weighted by atomic mass is 9.91. The van der Waals surface area contributed by atoms with E-state index < -0.39 is 0 Å². The topological polar surface area (TPSA) is 24.1 Å². The summed E-state index contributed by atoms with van der Waals surface area (Å²) >= 11 is 11.3. The molecule has 0 atom stereocenters. The Bertz CT molecular complexity index is 765. The first-order valence-electron chi connectivity index (χ1n) is 8.12. The Hall–Kier alpha value is -2.36. The highest BCUT2D eigenvalue weighted by Gasteiger charge is 2.14. The second kappa shape index (κ2) is 8.65. The molecule has 0 bridgehead atoms. The number of nitrogens with one attached hydrogen (secondary N) is 2. The van der Waals surface area contributed by atoms with E-state index in [0.717, 1.165) is 5.69 Å². The Morgan fingerprint density at radius 1 is 0.800 bits per heavy atom. The zero-order valence-corrected chi connectivity index (χ0v) is 15.2. The van der Waals surface area contributed by atoms with Gasteiger partial charge in [-0.05, 0) is 47.6 Å². The summed E-state index contributed by atoms with van der Waals surface area (Å²) < 4.78 is 0. The molecule has 0 saturated carbocycles. The maximum Gasteiger partial charge on any atom is 0.170 e. The predicted molar refractivity (Wildman–Crippen MR) is 110 cm³/mol. The van der Waals surface area contributed by atoms with Gasteiger partial charge in [0.1, 0.15) is 0 Å². The molecule has 0 aromatic heterocycles. The molecule has 126 valence electrons. The third-order valence-electron chi connectivity index (χ3n) is 3.97. The molecule has 0 spiro atoms. The summed E-state index contributed by atoms with van der Waals surface area (Å²) in [5, 5.41) is 7.82. The van der Waals surface area contributed by atoms with E-state index in [-0.39, 0.29) is 5.92 Å². The van der Waals surface area contributed by atoms with Crippen LogP contribution in [0.15, 0.2) is 84.9 Å². The van der Waals surface area contributed by atoms with Gasteiger partial charge in [0, 0.05) is 23.2 Å². The first-order valence-corrected chi connectivity index (χ1v) is 8.91. The highest BCUT2D eigenvalue weighted by atomic mass is 35.5. The summed E-state index contributed by atoms with van der Waals surface area (Å²) in [4.78, 5) is 0. The van der Waals surface area contributed by atoms with Gasteiger partial charge in [-0.15, -0.1) is 0 Å². The Balaban J connectivity index is 1.68. The summed E-state index contributed by atoms with van der Waals surface area (Å²) in [6, 6.07) is 28.4. The Morgan fingerprint density at radius 2 is 1.32 bits per heavy atom. The van der Waals surface area contributed by atoms with E-state index in [4.69, 9.17) is 23.8 Å². The maximum absolute atomic E-state index is 5.91. The highest BCUT2D eigenvalue weighted by molar-refractivity contribution is 7.80. The average molecular weight is 367 g/mol. The van der Waals surface area contributed by atoms with Crippen molar-refractivity contribution < 1.29 is 0 Å². The van der Waals surface area contributed by atoms with Gasteiger partial charge < -0.3 is 10.6 Å². The summed E-state index contributed by atoms with van der Waals surface area (Å²) in [5.74, 6) is 0.229. The molecule has 3 rings (SSSR count). The molecule has 0 radical (unpaired) electrons. The first kappa shape index (κ1) is 17.5. The van der Waals surface area contributed by atoms with E-state index in [1.807, 2.05) is 36.4 Å². The summed E-state index contributed by atoms with van der Waals surface area (Å²) in [7, 11) is 0. The normalized spacial score (nSPS) is 10.5. The quantitative estimate of drug-likeness (QED) is 0.586. The van der Waals surface area contributed by atoms with Crippen LogP contribution in [0.5, 0.6) is 0 Å². The van der Waals surface area contributed by atoms with Crippen LogP contribution in [-0.2, 0) is 0 Å². The molecular formula is C21H19ClN2S. The molecule has 0 aliphatic heterocycles. The van der Waals surface area contributed by atoms with E-state index in [1.165, 1.54) is 11.1 Å². The van der Waals surface area contributed by atoms with Crippen molar-refractivity contribution in [1.29, 1.82) is 0 Å². The first-order chi connectivity index (χ1) is 12.2. The van der Waals surface area contributed by atoms with Crippen LogP contribution in [0, 0.1) is 0 Å². The van der Waals surface area contributed by atoms with E-state index in [0.29, 0.717) is 16.7 Å². The molecule has 0 heterocycles. The largest absolute Gasteiger partial charge is 0.361 e. The number of halogens is 1. The number of hydrogen-bond acceptors (Lipinski definition) is 1. The molecule has 25 heavy (non-hydrogen) atoms. The molecular weight excluding hydrogens is 348 g/mol. The minimum Gasteiger partial charge on any atom is -0.361 e. The van der Waals surface area contributed by atoms with Crippen LogP contribution in [0.4, 0.5) is 5.69 Å². The fourth-order valence-corrected chi connectivity index (χ4v) is 3.03. The van der Waals surface area contributed by atoms with E-state index >= 15 is 0 Å². The molecule has 0 aliphatic carbocycles. The molecule has 2 nitrogen and oxygen atoms in total. The van der Waals surface area contributed by atoms with Crippen molar-refractivity contribution >= 4 is 34.6 Å². The van der Waals surface area contributed by atoms with Crippen molar-refractivity contribution in [2.45, 2.75) is 5.92 Å². The predicted octanol–water partition coefficient (Wildman–Crippen LogP) is 5.46. The van der Waals surface area contributed by atoms with Crippen molar-refractivity contribution in [3.05, 3.63) is 101 Å². The van der Waals surface area contributed by atoms with Crippen LogP contribution in [-0.4, -0.2) is 11.7 Å². The van der Waals surface area contributed by atoms with Crippen LogP contribution in [0.25, 0.3) is 0 Å². The molecule has 0 aliphatic rings. The minimum atomic E-state index is 0.229. The van der Waals surface area contributed by atoms with Crippen LogP contribution >= 0.6 is 23.8 Å².